The van der Waals surface area contributed by atoms with Crippen molar-refractivity contribution in [1.29, 1.82) is 0 Å². The van der Waals surface area contributed by atoms with Crippen LogP contribution in [0.1, 0.15) is 6.92 Å². The third-order valence-corrected chi connectivity index (χ3v) is 1.95. The van der Waals surface area contributed by atoms with Crippen LogP contribution in [0, 0.1) is 0 Å². The molecule has 0 aromatic rings. The molecule has 4 heteroatoms. The van der Waals surface area contributed by atoms with E-state index in [9.17, 15) is 4.79 Å². The van der Waals surface area contributed by atoms with Gasteiger partial charge in [-0.1, -0.05) is 11.6 Å². The van der Waals surface area contributed by atoms with Crippen molar-refractivity contribution in [1.82, 2.24) is 5.32 Å². The molecular formula is C7H7Cl2NO. The monoisotopic (exact) mass is 191 g/mol. The summed E-state index contributed by atoms with van der Waals surface area (Å²) in [6.45, 7) is 2.26. The van der Waals surface area contributed by atoms with Crippen LogP contribution in [-0.2, 0) is 4.79 Å². The van der Waals surface area contributed by atoms with Gasteiger partial charge in [-0.05, 0) is 24.1 Å². The van der Waals surface area contributed by atoms with E-state index in [0.29, 0.717) is 17.2 Å². The minimum absolute atomic E-state index is 0.423. The first-order valence-electron chi connectivity index (χ1n) is 3.12. The topological polar surface area (TPSA) is 29.1 Å². The van der Waals surface area contributed by atoms with Crippen LogP contribution >= 0.6 is 23.2 Å². The van der Waals surface area contributed by atoms with E-state index in [0.717, 1.165) is 5.57 Å². The Balaban J connectivity index is 3.04. The second kappa shape index (κ2) is 3.28. The minimum Gasteiger partial charge on any atom is -0.386 e. The molecule has 0 unspecified atom stereocenters. The predicted octanol–water partition coefficient (Wildman–Crippen LogP) is 1.75. The highest BCUT2D eigenvalue weighted by atomic mass is 35.5. The van der Waals surface area contributed by atoms with Crippen molar-refractivity contribution in [2.45, 2.75) is 6.92 Å². The maximum absolute atomic E-state index is 10.8. The second-order valence-corrected chi connectivity index (χ2v) is 3.06. The molecule has 0 bridgehead atoms. The first-order chi connectivity index (χ1) is 5.13. The number of rotatable bonds is 1. The van der Waals surface area contributed by atoms with E-state index < -0.39 is 5.24 Å². The molecule has 1 rings (SSSR count). The number of hydrogen-bond acceptors (Lipinski definition) is 2. The molecule has 0 saturated heterocycles. The highest BCUT2D eigenvalue weighted by molar-refractivity contribution is 6.69. The predicted molar refractivity (Wildman–Crippen MR) is 45.5 cm³/mol. The van der Waals surface area contributed by atoms with Gasteiger partial charge in [0.1, 0.15) is 0 Å². The number of carbonyl (C=O) groups excluding carboxylic acids is 1. The van der Waals surface area contributed by atoms with E-state index in [1.54, 1.807) is 13.1 Å². The Morgan fingerprint density at radius 1 is 1.73 bits per heavy atom. The lowest BCUT2D eigenvalue weighted by Gasteiger charge is -2.13. The normalized spacial score (nSPS) is 17.5. The van der Waals surface area contributed by atoms with Gasteiger partial charge in [0, 0.05) is 11.2 Å². The van der Waals surface area contributed by atoms with Crippen molar-refractivity contribution in [2.24, 2.45) is 0 Å². The van der Waals surface area contributed by atoms with E-state index in [1.807, 2.05) is 0 Å². The van der Waals surface area contributed by atoms with Crippen LogP contribution in [0.2, 0.25) is 0 Å². The van der Waals surface area contributed by atoms with E-state index >= 15 is 0 Å². The van der Waals surface area contributed by atoms with Crippen LogP contribution < -0.4 is 5.32 Å². The van der Waals surface area contributed by atoms with Gasteiger partial charge in [-0.25, -0.2) is 0 Å². The molecule has 0 amide bonds. The summed E-state index contributed by atoms with van der Waals surface area (Å²) in [4.78, 5) is 10.8. The Bertz CT molecular complexity index is 255. The van der Waals surface area contributed by atoms with Crippen molar-refractivity contribution in [3.05, 3.63) is 22.4 Å². The summed E-state index contributed by atoms with van der Waals surface area (Å²) >= 11 is 11.0. The van der Waals surface area contributed by atoms with Crippen molar-refractivity contribution in [3.63, 3.8) is 0 Å². The molecule has 1 N–H and O–H groups in total. The molecule has 0 aromatic carbocycles. The van der Waals surface area contributed by atoms with Gasteiger partial charge in [0.05, 0.1) is 12.1 Å². The van der Waals surface area contributed by atoms with Crippen LogP contribution in [0.5, 0.6) is 0 Å². The Morgan fingerprint density at radius 3 is 2.73 bits per heavy atom. The quantitative estimate of drug-likeness (QED) is 0.641. The van der Waals surface area contributed by atoms with Crippen molar-refractivity contribution in [3.8, 4) is 0 Å². The van der Waals surface area contributed by atoms with Crippen LogP contribution in [0.4, 0.5) is 0 Å². The zero-order valence-corrected chi connectivity index (χ0v) is 7.46. The van der Waals surface area contributed by atoms with Crippen LogP contribution in [0.15, 0.2) is 22.4 Å². The van der Waals surface area contributed by atoms with Gasteiger partial charge >= 0.3 is 0 Å². The Morgan fingerprint density at radius 2 is 2.36 bits per heavy atom. The van der Waals surface area contributed by atoms with Crippen LogP contribution in [0.3, 0.4) is 0 Å². The third kappa shape index (κ3) is 1.76. The molecule has 0 atom stereocenters. The van der Waals surface area contributed by atoms with Gasteiger partial charge in [-0.15, -0.1) is 0 Å². The van der Waals surface area contributed by atoms with E-state index in [2.05, 4.69) is 5.32 Å². The molecule has 60 valence electrons. The lowest BCUT2D eigenvalue weighted by molar-refractivity contribution is -0.108. The molecule has 0 spiro atoms. The summed E-state index contributed by atoms with van der Waals surface area (Å²) in [6.07, 6.45) is 1.72. The standard InChI is InChI=1S/C7H7Cl2NO/c1-4-2-10-3-5(8)6(4)7(9)11/h2,10H,3H2,1H3. The molecule has 11 heavy (non-hydrogen) atoms. The molecule has 0 aromatic heterocycles. The number of halogens is 2. The van der Waals surface area contributed by atoms with Gasteiger partial charge in [0.25, 0.3) is 5.24 Å². The summed E-state index contributed by atoms with van der Waals surface area (Å²) in [6, 6.07) is 0. The lowest BCUT2D eigenvalue weighted by Crippen LogP contribution is -2.17. The van der Waals surface area contributed by atoms with Gasteiger partial charge < -0.3 is 5.32 Å². The minimum atomic E-state index is -0.495. The Kier molecular flexibility index (Phi) is 2.58. The van der Waals surface area contributed by atoms with E-state index in [4.69, 9.17) is 23.2 Å². The van der Waals surface area contributed by atoms with Crippen molar-refractivity contribution in [2.75, 3.05) is 6.54 Å². The largest absolute Gasteiger partial charge is 0.386 e. The fourth-order valence-corrected chi connectivity index (χ4v) is 1.55. The van der Waals surface area contributed by atoms with Gasteiger partial charge in [-0.2, -0.15) is 0 Å². The first-order valence-corrected chi connectivity index (χ1v) is 3.87. The number of carbonyl (C=O) groups is 1. The van der Waals surface area contributed by atoms with Crippen molar-refractivity contribution < 1.29 is 4.79 Å². The van der Waals surface area contributed by atoms with Gasteiger partial charge in [-0.3, -0.25) is 4.79 Å². The average molecular weight is 192 g/mol. The van der Waals surface area contributed by atoms with E-state index in [1.165, 1.54) is 0 Å². The zero-order valence-electron chi connectivity index (χ0n) is 5.95. The molecule has 2 nitrogen and oxygen atoms in total. The average Bonchev–Trinajstić information content (AvgIpc) is 1.85. The third-order valence-electron chi connectivity index (χ3n) is 1.44. The highest BCUT2D eigenvalue weighted by Gasteiger charge is 2.16. The fraction of sp³-hybridized carbons (Fsp3) is 0.286. The number of hydrogen-bond donors (Lipinski definition) is 1. The fourth-order valence-electron chi connectivity index (χ4n) is 0.930. The number of nitrogens with one attached hydrogen (secondary N) is 1. The maximum Gasteiger partial charge on any atom is 0.253 e. The molecule has 1 aliphatic rings. The molecule has 0 fully saturated rings. The molecule has 1 heterocycles. The summed E-state index contributed by atoms with van der Waals surface area (Å²) in [5.41, 5.74) is 1.20. The maximum atomic E-state index is 10.8. The number of dihydropyridines is 1. The lowest BCUT2D eigenvalue weighted by atomic mass is 10.1. The zero-order chi connectivity index (χ0) is 8.43. The molecule has 0 aliphatic carbocycles. The molecule has 0 saturated carbocycles. The van der Waals surface area contributed by atoms with Crippen molar-refractivity contribution >= 4 is 28.4 Å². The summed E-state index contributed by atoms with van der Waals surface area (Å²) in [5, 5.41) is 2.89. The summed E-state index contributed by atoms with van der Waals surface area (Å²) in [5.74, 6) is 0. The van der Waals surface area contributed by atoms with Gasteiger partial charge in [0.15, 0.2) is 0 Å². The first kappa shape index (κ1) is 8.62. The van der Waals surface area contributed by atoms with Gasteiger partial charge in [0.2, 0.25) is 0 Å². The highest BCUT2D eigenvalue weighted by Crippen LogP contribution is 2.22. The molecule has 0 radical (unpaired) electrons. The van der Waals surface area contributed by atoms with E-state index in [-0.39, 0.29) is 0 Å². The Labute approximate surface area is 74.9 Å². The smallest absolute Gasteiger partial charge is 0.253 e. The SMILES string of the molecule is CC1=CNCC(Cl)=C1C(=O)Cl. The molecular weight excluding hydrogens is 185 g/mol. The Hall–Kier alpha value is -0.470. The van der Waals surface area contributed by atoms with Crippen LogP contribution in [0.25, 0.3) is 0 Å². The summed E-state index contributed by atoms with van der Waals surface area (Å²) < 4.78 is 0. The van der Waals surface area contributed by atoms with Crippen LogP contribution in [-0.4, -0.2) is 11.8 Å². The number of allylic oxidation sites excluding steroid dienone is 2. The second-order valence-electron chi connectivity index (χ2n) is 2.26. The molecule has 1 aliphatic heterocycles. The summed E-state index contributed by atoms with van der Waals surface area (Å²) in [7, 11) is 0.